The molecule has 0 saturated heterocycles. The molecule has 0 radical (unpaired) electrons. The molecule has 8 heteroatoms. The zero-order chi connectivity index (χ0) is 26.2. The van der Waals surface area contributed by atoms with Crippen LogP contribution in [0.25, 0.3) is 0 Å². The molecule has 1 aromatic carbocycles. The van der Waals surface area contributed by atoms with Crippen LogP contribution in [0.3, 0.4) is 0 Å². The normalized spacial score (nSPS) is 13.2. The van der Waals surface area contributed by atoms with E-state index in [1.807, 2.05) is 32.3 Å². The fourth-order valence-electron chi connectivity index (χ4n) is 4.21. The van der Waals surface area contributed by atoms with E-state index in [2.05, 4.69) is 54.3 Å². The SMILES string of the molecule is CN(C)CC(C)(C)CNC(=O)Cc1cccc(CC(C)(C)NCC(O)c2ccc(O)c(CO)n2)c1. The summed E-state index contributed by atoms with van der Waals surface area (Å²) in [6.07, 6.45) is 0.153. The number of aromatic nitrogens is 1. The van der Waals surface area contributed by atoms with E-state index < -0.39 is 12.7 Å². The van der Waals surface area contributed by atoms with Gasteiger partial charge in [0.1, 0.15) is 17.5 Å². The maximum absolute atomic E-state index is 12.5. The van der Waals surface area contributed by atoms with E-state index in [0.29, 0.717) is 25.1 Å². The van der Waals surface area contributed by atoms with E-state index in [1.165, 1.54) is 6.07 Å². The second-order valence-corrected chi connectivity index (χ2v) is 11.0. The third-order valence-electron chi connectivity index (χ3n) is 5.75. The van der Waals surface area contributed by atoms with Gasteiger partial charge >= 0.3 is 0 Å². The third-order valence-corrected chi connectivity index (χ3v) is 5.75. The Morgan fingerprint density at radius 1 is 1.11 bits per heavy atom. The second-order valence-electron chi connectivity index (χ2n) is 11.0. The first kappa shape index (κ1) is 28.7. The van der Waals surface area contributed by atoms with Gasteiger partial charge in [-0.3, -0.25) is 4.79 Å². The van der Waals surface area contributed by atoms with Crippen LogP contribution in [0.15, 0.2) is 36.4 Å². The summed E-state index contributed by atoms with van der Waals surface area (Å²) in [6.45, 7) is 9.77. The molecule has 0 spiro atoms. The molecule has 1 atom stereocenters. The monoisotopic (exact) mass is 486 g/mol. The van der Waals surface area contributed by atoms with Crippen LogP contribution in [0.2, 0.25) is 0 Å². The van der Waals surface area contributed by atoms with Crippen LogP contribution in [0, 0.1) is 5.41 Å². The van der Waals surface area contributed by atoms with Crippen molar-refractivity contribution < 1.29 is 20.1 Å². The molecule has 1 aromatic heterocycles. The highest BCUT2D eigenvalue weighted by Gasteiger charge is 2.22. The molecule has 1 heterocycles. The number of aliphatic hydroxyl groups excluding tert-OH is 2. The summed E-state index contributed by atoms with van der Waals surface area (Å²) in [6, 6.07) is 11.0. The Labute approximate surface area is 209 Å². The van der Waals surface area contributed by atoms with Gasteiger partial charge in [-0.15, -0.1) is 0 Å². The summed E-state index contributed by atoms with van der Waals surface area (Å²) in [4.78, 5) is 18.8. The van der Waals surface area contributed by atoms with Crippen molar-refractivity contribution in [3.05, 3.63) is 58.9 Å². The fraction of sp³-hybridized carbons (Fsp3) is 0.556. The number of pyridine rings is 1. The topological polar surface area (TPSA) is 118 Å². The third kappa shape index (κ3) is 9.93. The highest BCUT2D eigenvalue weighted by molar-refractivity contribution is 5.78. The van der Waals surface area contributed by atoms with E-state index in [9.17, 15) is 20.1 Å². The summed E-state index contributed by atoms with van der Waals surface area (Å²) in [7, 11) is 4.06. The first-order valence-electron chi connectivity index (χ1n) is 12.0. The Hall–Kier alpha value is -2.52. The number of rotatable bonds is 13. The Morgan fingerprint density at radius 2 is 1.80 bits per heavy atom. The Balaban J connectivity index is 1.91. The number of carbonyl (C=O) groups is 1. The molecular formula is C27H42N4O4. The molecule has 2 aromatic rings. The number of hydrogen-bond donors (Lipinski definition) is 5. The molecule has 1 unspecified atom stereocenters. The number of hydrogen-bond acceptors (Lipinski definition) is 7. The number of nitrogens with zero attached hydrogens (tertiary/aromatic N) is 2. The predicted octanol–water partition coefficient (Wildman–Crippen LogP) is 2.17. The average molecular weight is 487 g/mol. The van der Waals surface area contributed by atoms with Crippen molar-refractivity contribution in [1.82, 2.24) is 20.5 Å². The summed E-state index contributed by atoms with van der Waals surface area (Å²) in [5.41, 5.74) is 2.26. The Morgan fingerprint density at radius 3 is 2.46 bits per heavy atom. The van der Waals surface area contributed by atoms with Gasteiger partial charge in [-0.25, -0.2) is 4.98 Å². The van der Waals surface area contributed by atoms with Gasteiger partial charge in [0.15, 0.2) is 0 Å². The molecular weight excluding hydrogens is 444 g/mol. The van der Waals surface area contributed by atoms with Crippen LogP contribution in [-0.4, -0.2) is 70.4 Å². The Kier molecular flexibility index (Phi) is 10.2. The van der Waals surface area contributed by atoms with Gasteiger partial charge in [-0.1, -0.05) is 38.1 Å². The molecule has 0 aliphatic carbocycles. The zero-order valence-electron chi connectivity index (χ0n) is 21.9. The summed E-state index contributed by atoms with van der Waals surface area (Å²) in [5, 5.41) is 35.9. The molecule has 0 aliphatic heterocycles. The highest BCUT2D eigenvalue weighted by atomic mass is 16.3. The van der Waals surface area contributed by atoms with Gasteiger partial charge < -0.3 is 30.9 Å². The molecule has 5 N–H and O–H groups in total. The van der Waals surface area contributed by atoms with Crippen LogP contribution >= 0.6 is 0 Å². The lowest BCUT2D eigenvalue weighted by molar-refractivity contribution is -0.120. The molecule has 35 heavy (non-hydrogen) atoms. The van der Waals surface area contributed by atoms with E-state index in [1.54, 1.807) is 6.07 Å². The highest BCUT2D eigenvalue weighted by Crippen LogP contribution is 2.20. The number of aliphatic hydroxyl groups is 2. The fourth-order valence-corrected chi connectivity index (χ4v) is 4.21. The summed E-state index contributed by atoms with van der Waals surface area (Å²) < 4.78 is 0. The molecule has 8 nitrogen and oxygen atoms in total. The number of carbonyl (C=O) groups excluding carboxylic acids is 1. The predicted molar refractivity (Wildman–Crippen MR) is 138 cm³/mol. The van der Waals surface area contributed by atoms with Crippen LogP contribution in [-0.2, 0) is 24.2 Å². The van der Waals surface area contributed by atoms with Crippen LogP contribution in [0.4, 0.5) is 0 Å². The maximum atomic E-state index is 12.5. The van der Waals surface area contributed by atoms with E-state index in [4.69, 9.17) is 0 Å². The minimum absolute atomic E-state index is 0.00339. The van der Waals surface area contributed by atoms with Crippen molar-refractivity contribution in [3.8, 4) is 5.75 Å². The van der Waals surface area contributed by atoms with Crippen molar-refractivity contribution in [2.45, 2.75) is 58.8 Å². The van der Waals surface area contributed by atoms with Crippen LogP contribution < -0.4 is 10.6 Å². The number of nitrogens with one attached hydrogen (secondary N) is 2. The quantitative estimate of drug-likeness (QED) is 0.294. The molecule has 0 saturated carbocycles. The van der Waals surface area contributed by atoms with Crippen molar-refractivity contribution >= 4 is 5.91 Å². The molecule has 1 amide bonds. The van der Waals surface area contributed by atoms with Crippen molar-refractivity contribution in [2.75, 3.05) is 33.7 Å². The smallest absolute Gasteiger partial charge is 0.224 e. The van der Waals surface area contributed by atoms with Gasteiger partial charge in [-0.05, 0) is 63.0 Å². The minimum atomic E-state index is -0.882. The number of benzene rings is 1. The van der Waals surface area contributed by atoms with Crippen molar-refractivity contribution in [1.29, 1.82) is 0 Å². The van der Waals surface area contributed by atoms with Crippen molar-refractivity contribution in [3.63, 3.8) is 0 Å². The molecule has 0 aliphatic rings. The maximum Gasteiger partial charge on any atom is 0.224 e. The van der Waals surface area contributed by atoms with Crippen LogP contribution in [0.5, 0.6) is 5.75 Å². The van der Waals surface area contributed by atoms with Crippen LogP contribution in [0.1, 0.15) is 56.3 Å². The second kappa shape index (κ2) is 12.4. The lowest BCUT2D eigenvalue weighted by Crippen LogP contribution is -2.43. The number of β-amino-alcohol motifs (C(OH)–C–C–N with tert-alkyl or cyclic N) is 1. The van der Waals surface area contributed by atoms with Gasteiger partial charge in [0.05, 0.1) is 18.7 Å². The minimum Gasteiger partial charge on any atom is -0.506 e. The summed E-state index contributed by atoms with van der Waals surface area (Å²) in [5.74, 6) is -0.0827. The number of aromatic hydroxyl groups is 1. The van der Waals surface area contributed by atoms with E-state index in [0.717, 1.165) is 17.7 Å². The first-order valence-corrected chi connectivity index (χ1v) is 12.0. The summed E-state index contributed by atoms with van der Waals surface area (Å²) >= 11 is 0. The van der Waals surface area contributed by atoms with Gasteiger partial charge in [0, 0.05) is 25.2 Å². The van der Waals surface area contributed by atoms with Gasteiger partial charge in [-0.2, -0.15) is 0 Å². The van der Waals surface area contributed by atoms with E-state index in [-0.39, 0.29) is 34.8 Å². The lowest BCUT2D eigenvalue weighted by Gasteiger charge is -2.28. The standard InChI is InChI=1S/C27H42N4O4/c1-26(2,18-31(5)6)17-28-25(35)13-19-8-7-9-20(12-19)14-27(3,4)29-15-24(34)21-10-11-23(33)22(16-32)30-21/h7-12,24,29,32-34H,13-18H2,1-6H3,(H,28,35). The zero-order valence-corrected chi connectivity index (χ0v) is 21.9. The molecule has 2 rings (SSSR count). The Bertz CT molecular complexity index is 975. The van der Waals surface area contributed by atoms with Gasteiger partial charge in [0.25, 0.3) is 0 Å². The average Bonchev–Trinajstić information content (AvgIpc) is 2.75. The molecule has 194 valence electrons. The first-order chi connectivity index (χ1) is 16.3. The molecule has 0 bridgehead atoms. The lowest BCUT2D eigenvalue weighted by atomic mass is 9.92. The van der Waals surface area contributed by atoms with Gasteiger partial charge in [0.2, 0.25) is 5.91 Å². The molecule has 0 fully saturated rings. The van der Waals surface area contributed by atoms with E-state index >= 15 is 0 Å². The largest absolute Gasteiger partial charge is 0.506 e. The van der Waals surface area contributed by atoms with Crippen molar-refractivity contribution in [2.24, 2.45) is 5.41 Å². The number of amides is 1.